The Labute approximate surface area is 213 Å². The molecular formula is C24H21BrCl2N4O3. The molecule has 2 N–H and O–H groups in total. The molecule has 176 valence electrons. The van der Waals surface area contributed by atoms with E-state index in [4.69, 9.17) is 27.9 Å². The van der Waals surface area contributed by atoms with Crippen molar-refractivity contribution in [2.75, 3.05) is 6.61 Å². The highest BCUT2D eigenvalue weighted by Gasteiger charge is 2.57. The third kappa shape index (κ3) is 3.63. The summed E-state index contributed by atoms with van der Waals surface area (Å²) in [6.07, 6.45) is 3.29. The lowest BCUT2D eigenvalue weighted by atomic mass is 9.80. The third-order valence-electron chi connectivity index (χ3n) is 7.28. The van der Waals surface area contributed by atoms with Crippen LogP contribution in [-0.2, 0) is 11.2 Å². The quantitative estimate of drug-likeness (QED) is 0.276. The first-order valence-electron chi connectivity index (χ1n) is 11.0. The fourth-order valence-electron chi connectivity index (χ4n) is 5.59. The Morgan fingerprint density at radius 1 is 1.12 bits per heavy atom. The zero-order valence-corrected chi connectivity index (χ0v) is 21.0. The number of fused-ring (bicyclic) bond motifs is 2. The van der Waals surface area contributed by atoms with Gasteiger partial charge in [-0.1, -0.05) is 35.3 Å². The van der Waals surface area contributed by atoms with Crippen molar-refractivity contribution < 1.29 is 14.9 Å². The summed E-state index contributed by atoms with van der Waals surface area (Å²) >= 11 is 15.8. The molecule has 2 fully saturated rings. The van der Waals surface area contributed by atoms with Gasteiger partial charge in [0.25, 0.3) is 0 Å². The van der Waals surface area contributed by atoms with Crippen molar-refractivity contribution >= 4 is 61.1 Å². The number of pyridine rings is 1. The smallest absolute Gasteiger partial charge is 0.145 e. The van der Waals surface area contributed by atoms with Gasteiger partial charge in [0.05, 0.1) is 40.2 Å². The van der Waals surface area contributed by atoms with Gasteiger partial charge in [0.2, 0.25) is 0 Å². The van der Waals surface area contributed by atoms with Gasteiger partial charge in [-0.3, -0.25) is 0 Å². The van der Waals surface area contributed by atoms with E-state index < -0.39 is 17.6 Å². The van der Waals surface area contributed by atoms with Gasteiger partial charge in [-0.25, -0.2) is 15.0 Å². The number of nitrogens with zero attached hydrogens (tertiary/aromatic N) is 4. The number of aromatic nitrogens is 4. The number of ether oxygens (including phenoxy) is 1. The summed E-state index contributed by atoms with van der Waals surface area (Å²) in [4.78, 5) is 12.8. The van der Waals surface area contributed by atoms with Crippen LogP contribution in [0.4, 0.5) is 0 Å². The highest BCUT2D eigenvalue weighted by atomic mass is 79.9. The summed E-state index contributed by atoms with van der Waals surface area (Å²) in [6, 6.07) is 9.59. The second-order valence-corrected chi connectivity index (χ2v) is 10.9. The largest absolute Gasteiger partial charge is 0.390 e. The van der Waals surface area contributed by atoms with E-state index in [9.17, 15) is 10.2 Å². The molecule has 4 aromatic rings. The Balaban J connectivity index is 1.23. The Hall–Kier alpha value is -1.81. The molecule has 0 bridgehead atoms. The minimum absolute atomic E-state index is 0.0675. The Kier molecular flexibility index (Phi) is 5.59. The summed E-state index contributed by atoms with van der Waals surface area (Å²) < 4.78 is 8.82. The van der Waals surface area contributed by atoms with Gasteiger partial charge in [0.1, 0.15) is 28.4 Å². The van der Waals surface area contributed by atoms with Crippen LogP contribution in [0.25, 0.3) is 21.9 Å². The molecule has 6 rings (SSSR count). The maximum Gasteiger partial charge on any atom is 0.145 e. The Bertz CT molecular complexity index is 1420. The van der Waals surface area contributed by atoms with Crippen molar-refractivity contribution in [3.05, 3.63) is 63.2 Å². The van der Waals surface area contributed by atoms with Gasteiger partial charge in [-0.05, 0) is 59.0 Å². The SMILES string of the molecule is O[C@H]1[C@H](n2ccc3c(Cl)ncnc32)C[C@@]2(CO[C@H](Cc3ccc4cc(Br)c(Cl)nc4c3)C2)[C@H]1O. The number of hydrogen-bond donors (Lipinski definition) is 2. The van der Waals surface area contributed by atoms with E-state index in [0.717, 1.165) is 26.3 Å². The van der Waals surface area contributed by atoms with E-state index in [0.29, 0.717) is 41.8 Å². The average Bonchev–Trinajstić information content (AvgIpc) is 3.49. The lowest BCUT2D eigenvalue weighted by molar-refractivity contribution is -0.0308. The molecule has 4 heterocycles. The molecule has 0 amide bonds. The molecule has 5 atom stereocenters. The van der Waals surface area contributed by atoms with Gasteiger partial charge in [-0.15, -0.1) is 0 Å². The van der Waals surface area contributed by atoms with Crippen LogP contribution in [0.3, 0.4) is 0 Å². The minimum atomic E-state index is -0.933. The highest BCUT2D eigenvalue weighted by molar-refractivity contribution is 9.10. The predicted molar refractivity (Wildman–Crippen MR) is 133 cm³/mol. The van der Waals surface area contributed by atoms with Crippen LogP contribution in [0.2, 0.25) is 10.3 Å². The van der Waals surface area contributed by atoms with Crippen LogP contribution in [0.15, 0.2) is 47.3 Å². The van der Waals surface area contributed by atoms with E-state index in [1.165, 1.54) is 6.33 Å². The van der Waals surface area contributed by atoms with Gasteiger partial charge < -0.3 is 19.5 Å². The molecule has 1 saturated carbocycles. The van der Waals surface area contributed by atoms with Crippen LogP contribution in [0, 0.1) is 5.41 Å². The van der Waals surface area contributed by atoms with E-state index in [1.54, 1.807) is 0 Å². The monoisotopic (exact) mass is 562 g/mol. The summed E-state index contributed by atoms with van der Waals surface area (Å²) in [5.74, 6) is 0. The number of aliphatic hydroxyl groups excluding tert-OH is 2. The lowest BCUT2D eigenvalue weighted by Gasteiger charge is -2.26. The fourth-order valence-corrected chi connectivity index (χ4v) is 6.26. The molecule has 1 spiro atoms. The van der Waals surface area contributed by atoms with E-state index in [-0.39, 0.29) is 12.1 Å². The predicted octanol–water partition coefficient (Wildman–Crippen LogP) is 4.73. The molecule has 0 radical (unpaired) electrons. The zero-order valence-electron chi connectivity index (χ0n) is 17.9. The van der Waals surface area contributed by atoms with Crippen molar-refractivity contribution in [3.8, 4) is 0 Å². The molecule has 2 aliphatic rings. The summed E-state index contributed by atoms with van der Waals surface area (Å²) in [5, 5.41) is 24.6. The number of halogens is 3. The molecule has 1 aliphatic heterocycles. The van der Waals surface area contributed by atoms with E-state index >= 15 is 0 Å². The standard InChI is InChI=1S/C24H21BrCl2N4O3/c25-16-7-13-2-1-12(6-17(13)30-22(16)27)5-14-8-24(10-34-14)9-18(19(32)20(24)33)31-4-3-15-21(26)28-11-29-23(15)31/h1-4,6-7,11,14,18-20,32-33H,5,8-10H2/t14-,18-,19+,20+,24+/m1/s1. The zero-order chi connectivity index (χ0) is 23.6. The van der Waals surface area contributed by atoms with Crippen molar-refractivity contribution in [2.45, 2.75) is 43.6 Å². The number of hydrogen-bond acceptors (Lipinski definition) is 6. The van der Waals surface area contributed by atoms with Crippen LogP contribution in [0.5, 0.6) is 0 Å². The number of aliphatic hydroxyl groups is 2. The van der Waals surface area contributed by atoms with Crippen LogP contribution < -0.4 is 0 Å². The van der Waals surface area contributed by atoms with Crippen molar-refractivity contribution in [1.82, 2.24) is 19.5 Å². The van der Waals surface area contributed by atoms with Gasteiger partial charge in [0.15, 0.2) is 0 Å². The molecule has 1 saturated heterocycles. The maximum atomic E-state index is 11.1. The first kappa shape index (κ1) is 22.6. The first-order chi connectivity index (χ1) is 16.3. The molecular weight excluding hydrogens is 543 g/mol. The number of rotatable bonds is 3. The lowest BCUT2D eigenvalue weighted by Crippen LogP contribution is -2.37. The van der Waals surface area contributed by atoms with Crippen molar-refractivity contribution in [1.29, 1.82) is 0 Å². The van der Waals surface area contributed by atoms with Crippen LogP contribution >= 0.6 is 39.1 Å². The molecule has 7 nitrogen and oxygen atoms in total. The van der Waals surface area contributed by atoms with Gasteiger partial charge in [-0.2, -0.15) is 0 Å². The third-order valence-corrected chi connectivity index (χ3v) is 8.70. The first-order valence-corrected chi connectivity index (χ1v) is 12.6. The minimum Gasteiger partial charge on any atom is -0.390 e. The molecule has 10 heteroatoms. The maximum absolute atomic E-state index is 11.1. The summed E-state index contributed by atoms with van der Waals surface area (Å²) in [6.45, 7) is 0.395. The number of benzene rings is 1. The van der Waals surface area contributed by atoms with E-state index in [2.05, 4.69) is 36.9 Å². The van der Waals surface area contributed by atoms with Crippen molar-refractivity contribution in [3.63, 3.8) is 0 Å². The van der Waals surface area contributed by atoms with Crippen LogP contribution in [0.1, 0.15) is 24.4 Å². The molecule has 1 aliphatic carbocycles. The highest BCUT2D eigenvalue weighted by Crippen LogP contribution is 2.52. The topological polar surface area (TPSA) is 93.3 Å². The summed E-state index contributed by atoms with van der Waals surface area (Å²) in [5.41, 5.74) is 2.05. The second-order valence-electron chi connectivity index (χ2n) is 9.32. The fraction of sp³-hybridized carbons (Fsp3) is 0.375. The van der Waals surface area contributed by atoms with Gasteiger partial charge in [0, 0.05) is 17.0 Å². The normalized spacial score (nSPS) is 29.1. The molecule has 34 heavy (non-hydrogen) atoms. The van der Waals surface area contributed by atoms with E-state index in [1.807, 2.05) is 35.0 Å². The Morgan fingerprint density at radius 2 is 1.97 bits per heavy atom. The average molecular weight is 564 g/mol. The molecule has 3 aromatic heterocycles. The second kappa shape index (κ2) is 8.40. The van der Waals surface area contributed by atoms with Gasteiger partial charge >= 0.3 is 0 Å². The summed E-state index contributed by atoms with van der Waals surface area (Å²) in [7, 11) is 0. The molecule has 0 unspecified atom stereocenters. The Morgan fingerprint density at radius 3 is 2.82 bits per heavy atom. The van der Waals surface area contributed by atoms with Crippen LogP contribution in [-0.4, -0.2) is 54.7 Å². The van der Waals surface area contributed by atoms with Crippen molar-refractivity contribution in [2.24, 2.45) is 5.41 Å². The molecule has 1 aromatic carbocycles.